The maximum atomic E-state index is 12.2. The van der Waals surface area contributed by atoms with Gasteiger partial charge in [0.25, 0.3) is 0 Å². The molecule has 120 valence electrons. The van der Waals surface area contributed by atoms with Gasteiger partial charge >= 0.3 is 0 Å². The number of hydrogen-bond donors (Lipinski definition) is 0. The standard InChI is InChI=1S/C18H27N3O/c1-15(21-10-6-5-9-18(21)22)16-7-3-4-8-17(16)20-13-11-19(2)12-14-20/h3-4,7-8,15H,5-6,9-14H2,1-2H3. The molecule has 1 aromatic rings. The van der Waals surface area contributed by atoms with Crippen LogP contribution in [-0.4, -0.2) is 55.5 Å². The highest BCUT2D eigenvalue weighted by Crippen LogP contribution is 2.32. The molecule has 1 aromatic carbocycles. The van der Waals surface area contributed by atoms with Gasteiger partial charge in [0.05, 0.1) is 6.04 Å². The lowest BCUT2D eigenvalue weighted by Gasteiger charge is -2.38. The summed E-state index contributed by atoms with van der Waals surface area (Å²) in [7, 11) is 2.18. The number of benzene rings is 1. The van der Waals surface area contributed by atoms with Gasteiger partial charge in [-0.25, -0.2) is 0 Å². The van der Waals surface area contributed by atoms with Gasteiger partial charge in [0.15, 0.2) is 0 Å². The predicted octanol–water partition coefficient (Wildman–Crippen LogP) is 2.51. The summed E-state index contributed by atoms with van der Waals surface area (Å²) >= 11 is 0. The van der Waals surface area contributed by atoms with Crippen molar-refractivity contribution in [3.05, 3.63) is 29.8 Å². The van der Waals surface area contributed by atoms with Gasteiger partial charge in [0, 0.05) is 44.8 Å². The molecule has 0 aromatic heterocycles. The minimum absolute atomic E-state index is 0.170. The number of likely N-dealkylation sites (tertiary alicyclic amines) is 1. The number of piperazine rings is 1. The largest absolute Gasteiger partial charge is 0.369 e. The van der Waals surface area contributed by atoms with Crippen LogP contribution in [0.15, 0.2) is 24.3 Å². The van der Waals surface area contributed by atoms with E-state index in [-0.39, 0.29) is 6.04 Å². The lowest BCUT2D eigenvalue weighted by molar-refractivity contribution is -0.135. The molecule has 3 rings (SSSR count). The number of rotatable bonds is 3. The summed E-state index contributed by atoms with van der Waals surface area (Å²) in [5.74, 6) is 0.312. The van der Waals surface area contributed by atoms with E-state index in [0.29, 0.717) is 12.3 Å². The van der Waals surface area contributed by atoms with E-state index in [1.807, 2.05) is 0 Å². The molecular weight excluding hydrogens is 274 g/mol. The van der Waals surface area contributed by atoms with Crippen molar-refractivity contribution in [3.63, 3.8) is 0 Å². The first-order valence-electron chi connectivity index (χ1n) is 8.48. The Hall–Kier alpha value is -1.55. The van der Waals surface area contributed by atoms with E-state index in [2.05, 4.69) is 52.9 Å². The third-order valence-electron chi connectivity index (χ3n) is 5.06. The number of carbonyl (C=O) groups excluding carboxylic acids is 1. The van der Waals surface area contributed by atoms with Gasteiger partial charge in [-0.15, -0.1) is 0 Å². The minimum atomic E-state index is 0.170. The molecule has 0 radical (unpaired) electrons. The normalized spacial score (nSPS) is 22.0. The Morgan fingerprint density at radius 3 is 2.45 bits per heavy atom. The Morgan fingerprint density at radius 2 is 1.73 bits per heavy atom. The van der Waals surface area contributed by atoms with Crippen LogP contribution in [0.25, 0.3) is 0 Å². The summed E-state index contributed by atoms with van der Waals surface area (Å²) in [6, 6.07) is 8.79. The molecule has 0 bridgehead atoms. The zero-order valence-corrected chi connectivity index (χ0v) is 13.8. The zero-order valence-electron chi connectivity index (χ0n) is 13.8. The number of anilines is 1. The number of hydrogen-bond acceptors (Lipinski definition) is 3. The first-order valence-corrected chi connectivity index (χ1v) is 8.48. The van der Waals surface area contributed by atoms with E-state index in [1.54, 1.807) is 0 Å². The molecule has 0 spiro atoms. The van der Waals surface area contributed by atoms with Crippen LogP contribution in [0, 0.1) is 0 Å². The molecule has 2 saturated heterocycles. The molecule has 0 N–H and O–H groups in total. The first-order chi connectivity index (χ1) is 10.7. The summed E-state index contributed by atoms with van der Waals surface area (Å²) in [6.45, 7) is 7.41. The Balaban J connectivity index is 1.82. The molecule has 4 nitrogen and oxygen atoms in total. The van der Waals surface area contributed by atoms with Crippen molar-refractivity contribution in [3.8, 4) is 0 Å². The Bertz CT molecular complexity index is 523. The lowest BCUT2D eigenvalue weighted by atomic mass is 10.00. The van der Waals surface area contributed by atoms with Crippen LogP contribution < -0.4 is 4.90 Å². The van der Waals surface area contributed by atoms with Crippen molar-refractivity contribution >= 4 is 11.6 Å². The quantitative estimate of drug-likeness (QED) is 0.858. The summed E-state index contributed by atoms with van der Waals surface area (Å²) < 4.78 is 0. The highest BCUT2D eigenvalue weighted by atomic mass is 16.2. The number of nitrogens with zero attached hydrogens (tertiary/aromatic N) is 3. The molecule has 1 amide bonds. The maximum absolute atomic E-state index is 12.2. The van der Waals surface area contributed by atoms with Crippen LogP contribution in [0.1, 0.15) is 37.8 Å². The van der Waals surface area contributed by atoms with Gasteiger partial charge in [-0.3, -0.25) is 4.79 Å². The van der Waals surface area contributed by atoms with Gasteiger partial charge < -0.3 is 14.7 Å². The van der Waals surface area contributed by atoms with Crippen molar-refractivity contribution in [2.75, 3.05) is 44.7 Å². The third kappa shape index (κ3) is 3.12. The minimum Gasteiger partial charge on any atom is -0.369 e. The van der Waals surface area contributed by atoms with Gasteiger partial charge in [-0.05, 0) is 38.4 Å². The van der Waals surface area contributed by atoms with Crippen LogP contribution in [-0.2, 0) is 4.79 Å². The molecule has 4 heteroatoms. The number of likely N-dealkylation sites (N-methyl/N-ethyl adjacent to an activating group) is 1. The Labute approximate surface area is 133 Å². The average Bonchev–Trinajstić information content (AvgIpc) is 2.55. The fourth-order valence-corrected chi connectivity index (χ4v) is 3.58. The van der Waals surface area contributed by atoms with Crippen LogP contribution in [0.4, 0.5) is 5.69 Å². The lowest BCUT2D eigenvalue weighted by Crippen LogP contribution is -2.45. The van der Waals surface area contributed by atoms with Crippen LogP contribution in [0.2, 0.25) is 0 Å². The molecule has 2 aliphatic heterocycles. The van der Waals surface area contributed by atoms with Crippen LogP contribution >= 0.6 is 0 Å². The fraction of sp³-hybridized carbons (Fsp3) is 0.611. The molecule has 0 saturated carbocycles. The maximum Gasteiger partial charge on any atom is 0.223 e. The molecular formula is C18H27N3O. The second kappa shape index (κ2) is 6.69. The monoisotopic (exact) mass is 301 g/mol. The van der Waals surface area contributed by atoms with Crippen molar-refractivity contribution in [2.45, 2.75) is 32.2 Å². The highest BCUT2D eigenvalue weighted by molar-refractivity contribution is 5.77. The topological polar surface area (TPSA) is 26.8 Å². The summed E-state index contributed by atoms with van der Waals surface area (Å²) in [5.41, 5.74) is 2.60. The van der Waals surface area contributed by atoms with Crippen molar-refractivity contribution < 1.29 is 4.79 Å². The van der Waals surface area contributed by atoms with Gasteiger partial charge in [0.1, 0.15) is 0 Å². The SMILES string of the molecule is CC(c1ccccc1N1CCN(C)CC1)N1CCCCC1=O. The van der Waals surface area contributed by atoms with E-state index < -0.39 is 0 Å². The Morgan fingerprint density at radius 1 is 1.00 bits per heavy atom. The second-order valence-corrected chi connectivity index (χ2v) is 6.57. The van der Waals surface area contributed by atoms with Crippen molar-refractivity contribution in [2.24, 2.45) is 0 Å². The smallest absolute Gasteiger partial charge is 0.223 e. The van der Waals surface area contributed by atoms with E-state index in [9.17, 15) is 4.79 Å². The molecule has 22 heavy (non-hydrogen) atoms. The molecule has 2 fully saturated rings. The molecule has 0 aliphatic carbocycles. The van der Waals surface area contributed by atoms with E-state index >= 15 is 0 Å². The molecule has 2 aliphatic rings. The van der Waals surface area contributed by atoms with E-state index in [1.165, 1.54) is 11.3 Å². The summed E-state index contributed by atoms with van der Waals surface area (Å²) in [4.78, 5) is 19.2. The summed E-state index contributed by atoms with van der Waals surface area (Å²) in [6.07, 6.45) is 2.88. The first kappa shape index (κ1) is 15.3. The summed E-state index contributed by atoms with van der Waals surface area (Å²) in [5, 5.41) is 0. The number of para-hydroxylation sites is 1. The Kier molecular flexibility index (Phi) is 4.67. The van der Waals surface area contributed by atoms with Crippen LogP contribution in [0.5, 0.6) is 0 Å². The average molecular weight is 301 g/mol. The third-order valence-corrected chi connectivity index (χ3v) is 5.06. The van der Waals surface area contributed by atoms with Gasteiger partial charge in [-0.1, -0.05) is 18.2 Å². The van der Waals surface area contributed by atoms with Crippen LogP contribution in [0.3, 0.4) is 0 Å². The second-order valence-electron chi connectivity index (χ2n) is 6.57. The molecule has 1 atom stereocenters. The molecule has 2 heterocycles. The highest BCUT2D eigenvalue weighted by Gasteiger charge is 2.27. The predicted molar refractivity (Wildman–Crippen MR) is 90.1 cm³/mol. The van der Waals surface area contributed by atoms with Gasteiger partial charge in [0.2, 0.25) is 5.91 Å². The number of piperidine rings is 1. The van der Waals surface area contributed by atoms with E-state index in [4.69, 9.17) is 0 Å². The van der Waals surface area contributed by atoms with E-state index in [0.717, 1.165) is 45.6 Å². The van der Waals surface area contributed by atoms with Crippen molar-refractivity contribution in [1.82, 2.24) is 9.80 Å². The number of carbonyl (C=O) groups is 1. The van der Waals surface area contributed by atoms with Crippen molar-refractivity contribution in [1.29, 1.82) is 0 Å². The van der Waals surface area contributed by atoms with Gasteiger partial charge in [-0.2, -0.15) is 0 Å². The zero-order chi connectivity index (χ0) is 15.5. The fourth-order valence-electron chi connectivity index (χ4n) is 3.58. The molecule has 1 unspecified atom stereocenters. The number of amides is 1.